The summed E-state index contributed by atoms with van der Waals surface area (Å²) >= 11 is 0. The van der Waals surface area contributed by atoms with E-state index in [2.05, 4.69) is 5.32 Å². The average molecular weight is 431 g/mol. The van der Waals surface area contributed by atoms with Gasteiger partial charge in [0.2, 0.25) is 5.91 Å². The summed E-state index contributed by atoms with van der Waals surface area (Å²) in [4.78, 5) is 23.8. The third-order valence-corrected chi connectivity index (χ3v) is 4.56. The molecule has 3 aromatic rings. The molecule has 1 N–H and O–H groups in total. The Balaban J connectivity index is 1.66. The molecule has 0 bridgehead atoms. The van der Waals surface area contributed by atoms with Crippen molar-refractivity contribution < 1.29 is 23.8 Å². The first-order valence-electron chi connectivity index (χ1n) is 10.1. The molecule has 0 heterocycles. The third kappa shape index (κ3) is 6.47. The van der Waals surface area contributed by atoms with Gasteiger partial charge in [-0.15, -0.1) is 0 Å². The van der Waals surface area contributed by atoms with E-state index in [1.165, 1.54) is 20.1 Å². The molecule has 0 aliphatic rings. The minimum atomic E-state index is -0.452. The summed E-state index contributed by atoms with van der Waals surface area (Å²) in [6.07, 6.45) is 3.05. The summed E-state index contributed by atoms with van der Waals surface area (Å²) in [5.74, 6) is 0.745. The number of benzene rings is 3. The maximum absolute atomic E-state index is 12.5. The highest BCUT2D eigenvalue weighted by molar-refractivity contribution is 6.02. The lowest BCUT2D eigenvalue weighted by atomic mass is 10.1. The summed E-state index contributed by atoms with van der Waals surface area (Å²) in [6.45, 7) is 3.66. The van der Waals surface area contributed by atoms with Crippen LogP contribution in [0.1, 0.15) is 23.6 Å². The lowest BCUT2D eigenvalue weighted by Crippen LogP contribution is -2.10. The maximum Gasteiger partial charge on any atom is 0.308 e. The van der Waals surface area contributed by atoms with Crippen molar-refractivity contribution in [2.75, 3.05) is 12.4 Å². The number of amides is 1. The van der Waals surface area contributed by atoms with Gasteiger partial charge in [0.15, 0.2) is 11.5 Å². The van der Waals surface area contributed by atoms with Gasteiger partial charge in [-0.05, 0) is 48.9 Å². The fraction of sp³-hybridized carbons (Fsp3) is 0.154. The number of methoxy groups -OCH3 is 1. The molecule has 0 fully saturated rings. The summed E-state index contributed by atoms with van der Waals surface area (Å²) < 4.78 is 16.2. The van der Waals surface area contributed by atoms with Gasteiger partial charge in [-0.25, -0.2) is 0 Å². The molecule has 6 heteroatoms. The van der Waals surface area contributed by atoms with E-state index in [9.17, 15) is 9.59 Å². The number of anilines is 1. The topological polar surface area (TPSA) is 73.9 Å². The van der Waals surface area contributed by atoms with Crippen LogP contribution in [0.15, 0.2) is 72.8 Å². The molecule has 164 valence electrons. The fourth-order valence-electron chi connectivity index (χ4n) is 2.94. The van der Waals surface area contributed by atoms with E-state index in [1.807, 2.05) is 55.5 Å². The Morgan fingerprint density at radius 3 is 2.44 bits per heavy atom. The molecular formula is C26H25NO5. The molecule has 3 rings (SSSR count). The summed E-state index contributed by atoms with van der Waals surface area (Å²) in [6, 6.07) is 20.3. The molecule has 32 heavy (non-hydrogen) atoms. The van der Waals surface area contributed by atoms with Crippen LogP contribution >= 0.6 is 0 Å². The van der Waals surface area contributed by atoms with Crippen molar-refractivity contribution in [2.24, 2.45) is 0 Å². The third-order valence-electron chi connectivity index (χ3n) is 4.56. The first kappa shape index (κ1) is 22.6. The molecule has 0 aromatic heterocycles. The van der Waals surface area contributed by atoms with E-state index in [4.69, 9.17) is 14.2 Å². The maximum atomic E-state index is 12.5. The fourth-order valence-corrected chi connectivity index (χ4v) is 2.94. The zero-order valence-corrected chi connectivity index (χ0v) is 18.3. The first-order chi connectivity index (χ1) is 15.4. The Morgan fingerprint density at radius 1 is 0.969 bits per heavy atom. The van der Waals surface area contributed by atoms with Crippen molar-refractivity contribution in [3.8, 4) is 17.2 Å². The second kappa shape index (κ2) is 10.8. The molecule has 0 radical (unpaired) electrons. The van der Waals surface area contributed by atoms with Crippen molar-refractivity contribution in [1.29, 1.82) is 0 Å². The number of aryl methyl sites for hydroxylation is 1. The number of carbonyl (C=O) groups excluding carboxylic acids is 2. The summed E-state index contributed by atoms with van der Waals surface area (Å²) in [7, 11) is 1.49. The number of hydrogen-bond donors (Lipinski definition) is 1. The number of rotatable bonds is 8. The smallest absolute Gasteiger partial charge is 0.308 e. The standard InChI is InChI=1S/C26H25NO5/c1-18-8-12-22(13-9-18)31-17-21-6-4-5-7-23(21)27-26(29)15-11-20-10-14-24(30-3)25(16-20)32-19(2)28/h4-16H,17H2,1-3H3,(H,27,29)/b15-11+. The molecule has 0 aliphatic carbocycles. The zero-order chi connectivity index (χ0) is 22.9. The molecule has 0 atom stereocenters. The van der Waals surface area contributed by atoms with Crippen LogP contribution in [0.2, 0.25) is 0 Å². The zero-order valence-electron chi connectivity index (χ0n) is 18.3. The molecule has 6 nitrogen and oxygen atoms in total. The number of para-hydroxylation sites is 1. The number of carbonyl (C=O) groups is 2. The van der Waals surface area contributed by atoms with Crippen LogP contribution in [0.4, 0.5) is 5.69 Å². The average Bonchev–Trinajstić information content (AvgIpc) is 2.78. The predicted octanol–water partition coefficient (Wildman–Crippen LogP) is 5.16. The number of esters is 1. The van der Waals surface area contributed by atoms with Crippen molar-refractivity contribution in [1.82, 2.24) is 0 Å². The van der Waals surface area contributed by atoms with E-state index in [1.54, 1.807) is 24.3 Å². The molecule has 0 aliphatic heterocycles. The second-order valence-electron chi connectivity index (χ2n) is 7.09. The molecule has 0 saturated heterocycles. The van der Waals surface area contributed by atoms with Gasteiger partial charge in [0, 0.05) is 24.3 Å². The molecule has 0 unspecified atom stereocenters. The quantitative estimate of drug-likeness (QED) is 0.303. The van der Waals surface area contributed by atoms with Gasteiger partial charge in [-0.1, -0.05) is 42.0 Å². The van der Waals surface area contributed by atoms with Gasteiger partial charge in [0.05, 0.1) is 7.11 Å². The minimum absolute atomic E-state index is 0.293. The van der Waals surface area contributed by atoms with Crippen LogP contribution < -0.4 is 19.5 Å². The van der Waals surface area contributed by atoms with Crippen LogP contribution in [0.3, 0.4) is 0 Å². The van der Waals surface area contributed by atoms with Crippen LogP contribution in [0, 0.1) is 6.92 Å². The lowest BCUT2D eigenvalue weighted by molar-refractivity contribution is -0.132. The first-order valence-corrected chi connectivity index (χ1v) is 10.1. The van der Waals surface area contributed by atoms with Crippen molar-refractivity contribution in [2.45, 2.75) is 20.5 Å². The summed E-state index contributed by atoms with van der Waals surface area (Å²) in [5.41, 5.74) is 3.38. The van der Waals surface area contributed by atoms with Crippen LogP contribution in [0.5, 0.6) is 17.2 Å². The van der Waals surface area contributed by atoms with Gasteiger partial charge in [0.1, 0.15) is 12.4 Å². The molecule has 0 saturated carbocycles. The summed E-state index contributed by atoms with van der Waals surface area (Å²) in [5, 5.41) is 2.88. The molecular weight excluding hydrogens is 406 g/mol. The number of hydrogen-bond acceptors (Lipinski definition) is 5. The Hall–Kier alpha value is -4.06. The Kier molecular flexibility index (Phi) is 7.65. The van der Waals surface area contributed by atoms with E-state index in [0.29, 0.717) is 29.4 Å². The van der Waals surface area contributed by atoms with Crippen molar-refractivity contribution in [3.63, 3.8) is 0 Å². The Bertz CT molecular complexity index is 1120. The van der Waals surface area contributed by atoms with Gasteiger partial charge < -0.3 is 19.5 Å². The highest BCUT2D eigenvalue weighted by Crippen LogP contribution is 2.28. The van der Waals surface area contributed by atoms with E-state index < -0.39 is 5.97 Å². The minimum Gasteiger partial charge on any atom is -0.493 e. The normalized spacial score (nSPS) is 10.6. The number of nitrogens with one attached hydrogen (secondary N) is 1. The van der Waals surface area contributed by atoms with E-state index in [-0.39, 0.29) is 5.91 Å². The predicted molar refractivity (Wildman–Crippen MR) is 124 cm³/mol. The highest BCUT2D eigenvalue weighted by Gasteiger charge is 2.08. The molecule has 1 amide bonds. The Labute approximate surface area is 187 Å². The van der Waals surface area contributed by atoms with Gasteiger partial charge in [-0.3, -0.25) is 9.59 Å². The van der Waals surface area contributed by atoms with E-state index in [0.717, 1.165) is 16.9 Å². The van der Waals surface area contributed by atoms with Gasteiger partial charge in [-0.2, -0.15) is 0 Å². The number of ether oxygens (including phenoxy) is 3. The van der Waals surface area contributed by atoms with Gasteiger partial charge in [0.25, 0.3) is 0 Å². The second-order valence-corrected chi connectivity index (χ2v) is 7.09. The van der Waals surface area contributed by atoms with Crippen LogP contribution in [-0.4, -0.2) is 19.0 Å². The SMILES string of the molecule is COc1ccc(/C=C/C(=O)Nc2ccccc2COc2ccc(C)cc2)cc1OC(C)=O. The molecule has 3 aromatic carbocycles. The highest BCUT2D eigenvalue weighted by atomic mass is 16.6. The lowest BCUT2D eigenvalue weighted by Gasteiger charge is -2.11. The largest absolute Gasteiger partial charge is 0.493 e. The van der Waals surface area contributed by atoms with Crippen molar-refractivity contribution >= 4 is 23.6 Å². The van der Waals surface area contributed by atoms with E-state index >= 15 is 0 Å². The van der Waals surface area contributed by atoms with Crippen molar-refractivity contribution in [3.05, 3.63) is 89.5 Å². The van der Waals surface area contributed by atoms with Gasteiger partial charge >= 0.3 is 5.97 Å². The molecule has 0 spiro atoms. The monoisotopic (exact) mass is 431 g/mol. The van der Waals surface area contributed by atoms with Crippen LogP contribution in [0.25, 0.3) is 6.08 Å². The Morgan fingerprint density at radius 2 is 1.72 bits per heavy atom. The van der Waals surface area contributed by atoms with Crippen LogP contribution in [-0.2, 0) is 16.2 Å².